The summed E-state index contributed by atoms with van der Waals surface area (Å²) < 4.78 is 0. The highest BCUT2D eigenvalue weighted by Gasteiger charge is 2.52. The van der Waals surface area contributed by atoms with E-state index in [-0.39, 0.29) is 5.41 Å². The van der Waals surface area contributed by atoms with Gasteiger partial charge in [-0.1, -0.05) is 145 Å². The molecule has 1 unspecified atom stereocenters. The standard InChI is InChI=1S/C51H38N2S/c1-3-13-33(14-4-1)35-27-28-52-46(31-35)37-23-25-40-41-26-24-38(50-39-18-8-7-17-36(39)32-47(53-50)34-15-5-2-6-16-34)30-45(41)51(44(40)29-37)42-19-9-11-21-48(42)54-49-22-12-10-20-43(49)51/h1-9,12-19,22-26,29-32H,10-11,20-21,27-28H2. The molecule has 0 N–H and O–H groups in total. The van der Waals surface area contributed by atoms with Crippen LogP contribution >= 0.6 is 11.8 Å². The normalized spacial score (nSPS) is 19.7. The second-order valence-electron chi connectivity index (χ2n) is 14.9. The van der Waals surface area contributed by atoms with Gasteiger partial charge >= 0.3 is 0 Å². The zero-order valence-electron chi connectivity index (χ0n) is 30.1. The molecule has 5 aliphatic rings. The van der Waals surface area contributed by atoms with Crippen LogP contribution < -0.4 is 0 Å². The maximum absolute atomic E-state index is 5.44. The summed E-state index contributed by atoms with van der Waals surface area (Å²) in [5, 5.41) is 2.38. The molecule has 0 saturated carbocycles. The van der Waals surface area contributed by atoms with Crippen molar-refractivity contribution in [3.05, 3.63) is 201 Å². The molecule has 2 nitrogen and oxygen atoms in total. The summed E-state index contributed by atoms with van der Waals surface area (Å²) in [7, 11) is 0. The van der Waals surface area contributed by atoms with Gasteiger partial charge in [-0.25, -0.2) is 4.98 Å². The van der Waals surface area contributed by atoms with Crippen LogP contribution in [0.15, 0.2) is 184 Å². The average molecular weight is 711 g/mol. The Balaban J connectivity index is 1.16. The van der Waals surface area contributed by atoms with Crippen LogP contribution in [0.1, 0.15) is 54.4 Å². The van der Waals surface area contributed by atoms with E-state index in [0.29, 0.717) is 0 Å². The Morgan fingerprint density at radius 1 is 0.593 bits per heavy atom. The Kier molecular flexibility index (Phi) is 7.45. The Bertz CT molecular complexity index is 2730. The van der Waals surface area contributed by atoms with Gasteiger partial charge in [0.1, 0.15) is 0 Å². The van der Waals surface area contributed by atoms with E-state index in [1.165, 1.54) is 70.7 Å². The summed E-state index contributed by atoms with van der Waals surface area (Å²) in [6.45, 7) is 0.805. The minimum Gasteiger partial charge on any atom is -0.284 e. The molecular weight excluding hydrogens is 673 g/mol. The Hall–Kier alpha value is -5.77. The van der Waals surface area contributed by atoms with E-state index >= 15 is 0 Å². The minimum atomic E-state index is -0.387. The molecule has 0 amide bonds. The molecule has 1 aromatic heterocycles. The monoisotopic (exact) mass is 710 g/mol. The van der Waals surface area contributed by atoms with Crippen LogP contribution in [0.3, 0.4) is 0 Å². The van der Waals surface area contributed by atoms with Crippen LogP contribution in [0.25, 0.3) is 50.0 Å². The number of fused-ring (bicyclic) bond motifs is 8. The number of rotatable bonds is 4. The molecule has 54 heavy (non-hydrogen) atoms. The number of pyridine rings is 1. The van der Waals surface area contributed by atoms with Crippen molar-refractivity contribution in [3.8, 4) is 33.6 Å². The number of nitrogens with zero attached hydrogens (tertiary/aromatic N) is 2. The van der Waals surface area contributed by atoms with Crippen molar-refractivity contribution in [1.82, 2.24) is 4.98 Å². The smallest absolute Gasteiger partial charge is 0.0787 e. The van der Waals surface area contributed by atoms with E-state index in [1.807, 2.05) is 11.8 Å². The van der Waals surface area contributed by atoms with E-state index in [2.05, 4.69) is 158 Å². The van der Waals surface area contributed by atoms with Crippen LogP contribution in [0, 0.1) is 0 Å². The second kappa shape index (κ2) is 12.7. The minimum absolute atomic E-state index is 0.387. The lowest BCUT2D eigenvalue weighted by molar-refractivity contribution is 0.675. The van der Waals surface area contributed by atoms with Gasteiger partial charge in [-0.15, -0.1) is 0 Å². The quantitative estimate of drug-likeness (QED) is 0.182. The van der Waals surface area contributed by atoms with Gasteiger partial charge in [0.05, 0.1) is 22.5 Å². The molecule has 0 bridgehead atoms. The van der Waals surface area contributed by atoms with Gasteiger partial charge in [-0.3, -0.25) is 4.99 Å². The summed E-state index contributed by atoms with van der Waals surface area (Å²) >= 11 is 2.02. The highest BCUT2D eigenvalue weighted by molar-refractivity contribution is 8.07. The lowest BCUT2D eigenvalue weighted by atomic mass is 9.63. The van der Waals surface area contributed by atoms with Crippen molar-refractivity contribution in [1.29, 1.82) is 0 Å². The SMILES string of the molecule is C1=CC2=C(CC1)SC1=C(CCC=C1)C21c2cc(C3=NCCC(c4ccccc4)=C3)ccc2-c2ccc(-c3nc(-c4ccccc4)cc4ccccc34)cc21. The molecule has 1 spiro atoms. The van der Waals surface area contributed by atoms with Crippen LogP contribution in [0.2, 0.25) is 0 Å². The fourth-order valence-electron chi connectivity index (χ4n) is 9.54. The highest BCUT2D eigenvalue weighted by atomic mass is 32.2. The molecule has 3 heterocycles. The predicted molar refractivity (Wildman–Crippen MR) is 228 cm³/mol. The summed E-state index contributed by atoms with van der Waals surface area (Å²) in [6, 6.07) is 46.8. The van der Waals surface area contributed by atoms with Crippen molar-refractivity contribution in [2.24, 2.45) is 4.99 Å². The first-order valence-electron chi connectivity index (χ1n) is 19.3. The number of aromatic nitrogens is 1. The van der Waals surface area contributed by atoms with Crippen molar-refractivity contribution >= 4 is 33.8 Å². The number of thioether (sulfide) groups is 1. The first-order valence-corrected chi connectivity index (χ1v) is 20.1. The van der Waals surface area contributed by atoms with Gasteiger partial charge in [0.25, 0.3) is 0 Å². The molecule has 0 saturated heterocycles. The Morgan fingerprint density at radius 3 is 2.13 bits per heavy atom. The van der Waals surface area contributed by atoms with E-state index in [4.69, 9.17) is 9.98 Å². The van der Waals surface area contributed by atoms with Gasteiger partial charge in [0.2, 0.25) is 0 Å². The molecule has 5 aromatic carbocycles. The van der Waals surface area contributed by atoms with Crippen molar-refractivity contribution in [2.45, 2.75) is 37.5 Å². The number of aliphatic imine (C=N–C) groups is 1. The molecule has 3 aliphatic carbocycles. The fraction of sp³-hybridized carbons (Fsp3) is 0.137. The largest absolute Gasteiger partial charge is 0.284 e. The third-order valence-electron chi connectivity index (χ3n) is 12.0. The number of hydrogen-bond donors (Lipinski definition) is 0. The maximum Gasteiger partial charge on any atom is 0.0787 e. The van der Waals surface area contributed by atoms with Crippen molar-refractivity contribution in [3.63, 3.8) is 0 Å². The Morgan fingerprint density at radius 2 is 1.30 bits per heavy atom. The van der Waals surface area contributed by atoms with Gasteiger partial charge in [0.15, 0.2) is 0 Å². The second-order valence-corrected chi connectivity index (χ2v) is 16.1. The van der Waals surface area contributed by atoms with Crippen LogP contribution in [-0.4, -0.2) is 17.2 Å². The maximum atomic E-state index is 5.44. The lowest BCUT2D eigenvalue weighted by Gasteiger charge is -2.44. The van der Waals surface area contributed by atoms with Gasteiger partial charge < -0.3 is 0 Å². The van der Waals surface area contributed by atoms with Crippen molar-refractivity contribution in [2.75, 3.05) is 6.54 Å². The van der Waals surface area contributed by atoms with E-state index in [9.17, 15) is 0 Å². The summed E-state index contributed by atoms with van der Waals surface area (Å²) in [6.07, 6.45) is 17.2. The first kappa shape index (κ1) is 31.7. The predicted octanol–water partition coefficient (Wildman–Crippen LogP) is 13.1. The molecular formula is C51H38N2S. The Labute approximate surface area is 321 Å². The van der Waals surface area contributed by atoms with E-state index in [0.717, 1.165) is 66.9 Å². The highest BCUT2D eigenvalue weighted by Crippen LogP contribution is 2.65. The zero-order chi connectivity index (χ0) is 35.6. The van der Waals surface area contributed by atoms with Crippen molar-refractivity contribution < 1.29 is 0 Å². The van der Waals surface area contributed by atoms with Crippen LogP contribution in [0.5, 0.6) is 0 Å². The number of benzene rings is 5. The fourth-order valence-corrected chi connectivity index (χ4v) is 10.9. The molecule has 11 rings (SSSR count). The topological polar surface area (TPSA) is 25.2 Å². The molecule has 3 heteroatoms. The summed E-state index contributed by atoms with van der Waals surface area (Å²) in [5.74, 6) is 0. The van der Waals surface area contributed by atoms with Crippen LogP contribution in [0.4, 0.5) is 0 Å². The van der Waals surface area contributed by atoms with Gasteiger partial charge in [-0.2, -0.15) is 0 Å². The third kappa shape index (κ3) is 4.88. The molecule has 0 radical (unpaired) electrons. The first-order chi connectivity index (χ1) is 26.8. The molecule has 6 aromatic rings. The lowest BCUT2D eigenvalue weighted by Crippen LogP contribution is -2.35. The average Bonchev–Trinajstić information content (AvgIpc) is 3.53. The van der Waals surface area contributed by atoms with E-state index < -0.39 is 0 Å². The summed E-state index contributed by atoms with van der Waals surface area (Å²) in [5.41, 5.74) is 17.3. The third-order valence-corrected chi connectivity index (χ3v) is 13.2. The van der Waals surface area contributed by atoms with Crippen LogP contribution in [-0.2, 0) is 5.41 Å². The molecule has 1 atom stereocenters. The molecule has 2 aliphatic heterocycles. The van der Waals surface area contributed by atoms with Gasteiger partial charge in [0, 0.05) is 33.5 Å². The molecule has 258 valence electrons. The van der Waals surface area contributed by atoms with Gasteiger partial charge in [-0.05, 0) is 111 Å². The number of dihydropyridines is 1. The number of allylic oxidation sites excluding steroid dienone is 8. The zero-order valence-corrected chi connectivity index (χ0v) is 30.9. The molecule has 0 fully saturated rings. The number of hydrogen-bond acceptors (Lipinski definition) is 3. The summed E-state index contributed by atoms with van der Waals surface area (Å²) in [4.78, 5) is 13.5. The van der Waals surface area contributed by atoms with E-state index in [1.54, 1.807) is 0 Å².